The van der Waals surface area contributed by atoms with Crippen LogP contribution in [0.3, 0.4) is 0 Å². The Balaban J connectivity index is 2.18. The average molecular weight is 324 g/mol. The van der Waals surface area contributed by atoms with Gasteiger partial charge in [-0.25, -0.2) is 13.4 Å². The lowest BCUT2D eigenvalue weighted by Crippen LogP contribution is -2.13. The molecule has 0 atom stereocenters. The molecule has 1 heterocycles. The van der Waals surface area contributed by atoms with Crippen molar-refractivity contribution in [2.45, 2.75) is 4.90 Å². The number of pyridine rings is 1. The molecule has 8 heteroatoms. The zero-order valence-electron chi connectivity index (χ0n) is 10.7. The highest BCUT2D eigenvalue weighted by Gasteiger charge is 2.18. The van der Waals surface area contributed by atoms with Crippen LogP contribution >= 0.6 is 11.6 Å². The molecular weight excluding hydrogens is 314 g/mol. The van der Waals surface area contributed by atoms with Crippen LogP contribution in [0.2, 0.25) is 5.15 Å². The molecule has 0 saturated carbocycles. The number of nitriles is 1. The van der Waals surface area contributed by atoms with E-state index in [2.05, 4.69) is 9.71 Å². The molecule has 0 spiro atoms. The minimum Gasteiger partial charge on any atom is -0.479 e. The molecule has 2 aromatic rings. The molecule has 0 saturated heterocycles. The first-order valence-electron chi connectivity index (χ1n) is 5.76. The van der Waals surface area contributed by atoms with Gasteiger partial charge in [-0.2, -0.15) is 5.26 Å². The van der Waals surface area contributed by atoms with E-state index in [1.165, 1.54) is 30.5 Å². The van der Waals surface area contributed by atoms with Crippen LogP contribution in [0.5, 0.6) is 5.75 Å². The summed E-state index contributed by atoms with van der Waals surface area (Å²) in [6.07, 6.45) is 1.41. The predicted octanol–water partition coefficient (Wildman–Crippen LogP) is 2.44. The Hall–Kier alpha value is -2.30. The van der Waals surface area contributed by atoms with Gasteiger partial charge in [0.25, 0.3) is 10.0 Å². The second-order valence-electron chi connectivity index (χ2n) is 3.87. The number of nitrogens with one attached hydrogen (secondary N) is 1. The van der Waals surface area contributed by atoms with Crippen molar-refractivity contribution in [3.05, 3.63) is 47.7 Å². The van der Waals surface area contributed by atoms with Gasteiger partial charge in [0, 0.05) is 11.9 Å². The molecule has 0 aliphatic rings. The summed E-state index contributed by atoms with van der Waals surface area (Å²) < 4.78 is 31.8. The topological polar surface area (TPSA) is 92.1 Å². The quantitative estimate of drug-likeness (QED) is 0.853. The van der Waals surface area contributed by atoms with Gasteiger partial charge in [0.15, 0.2) is 6.61 Å². The largest absolute Gasteiger partial charge is 0.479 e. The minimum absolute atomic E-state index is 0.0730. The standard InChI is InChI=1S/C13H10ClN3O3S/c14-13-12(2-1-8-16-13)21(18,19)17-10-3-5-11(6-4-10)20-9-7-15/h1-6,8,17H,9H2. The summed E-state index contributed by atoms with van der Waals surface area (Å²) in [5.74, 6) is 0.471. The second kappa shape index (κ2) is 6.43. The van der Waals surface area contributed by atoms with E-state index in [4.69, 9.17) is 21.6 Å². The van der Waals surface area contributed by atoms with Crippen molar-refractivity contribution in [3.8, 4) is 11.8 Å². The van der Waals surface area contributed by atoms with Gasteiger partial charge in [-0.3, -0.25) is 4.72 Å². The highest BCUT2D eigenvalue weighted by molar-refractivity contribution is 7.92. The molecule has 108 valence electrons. The molecule has 1 aromatic heterocycles. The third-order valence-corrected chi connectivity index (χ3v) is 4.25. The third kappa shape index (κ3) is 3.84. The first kappa shape index (κ1) is 15.1. The molecule has 0 fully saturated rings. The molecule has 2 rings (SSSR count). The van der Waals surface area contributed by atoms with Crippen LogP contribution in [-0.4, -0.2) is 20.0 Å². The van der Waals surface area contributed by atoms with Gasteiger partial charge in [0.05, 0.1) is 0 Å². The summed E-state index contributed by atoms with van der Waals surface area (Å²) in [6.45, 7) is -0.0730. The van der Waals surface area contributed by atoms with E-state index in [9.17, 15) is 8.42 Å². The normalized spacial score (nSPS) is 10.7. The number of benzene rings is 1. The van der Waals surface area contributed by atoms with Gasteiger partial charge in [0.1, 0.15) is 21.9 Å². The highest BCUT2D eigenvalue weighted by atomic mass is 35.5. The third-order valence-electron chi connectivity index (χ3n) is 2.42. The lowest BCUT2D eigenvalue weighted by atomic mass is 10.3. The number of anilines is 1. The Bertz CT molecular complexity index is 770. The van der Waals surface area contributed by atoms with Crippen LogP contribution in [0.1, 0.15) is 0 Å². The number of rotatable bonds is 5. The van der Waals surface area contributed by atoms with E-state index in [0.29, 0.717) is 11.4 Å². The smallest absolute Gasteiger partial charge is 0.264 e. The molecule has 6 nitrogen and oxygen atoms in total. The zero-order chi connectivity index (χ0) is 15.3. The van der Waals surface area contributed by atoms with Gasteiger partial charge in [0.2, 0.25) is 0 Å². The molecule has 0 unspecified atom stereocenters. The number of sulfonamides is 1. The molecule has 0 aliphatic carbocycles. The van der Waals surface area contributed by atoms with Crippen molar-refractivity contribution in [2.24, 2.45) is 0 Å². The van der Waals surface area contributed by atoms with Crippen molar-refractivity contribution in [2.75, 3.05) is 11.3 Å². The van der Waals surface area contributed by atoms with Crippen LogP contribution in [0.25, 0.3) is 0 Å². The Labute approximate surface area is 127 Å². The number of halogens is 1. The molecular formula is C13H10ClN3O3S. The first-order valence-corrected chi connectivity index (χ1v) is 7.62. The van der Waals surface area contributed by atoms with Crippen molar-refractivity contribution >= 4 is 27.3 Å². The summed E-state index contributed by atoms with van der Waals surface area (Å²) >= 11 is 5.78. The van der Waals surface area contributed by atoms with E-state index in [-0.39, 0.29) is 16.7 Å². The Morgan fingerprint density at radius 2 is 2.00 bits per heavy atom. The highest BCUT2D eigenvalue weighted by Crippen LogP contribution is 2.22. The van der Waals surface area contributed by atoms with E-state index in [0.717, 1.165) is 0 Å². The SMILES string of the molecule is N#CCOc1ccc(NS(=O)(=O)c2cccnc2Cl)cc1. The fourth-order valence-electron chi connectivity index (χ4n) is 1.52. The van der Waals surface area contributed by atoms with E-state index >= 15 is 0 Å². The van der Waals surface area contributed by atoms with Crippen LogP contribution in [0.15, 0.2) is 47.5 Å². The van der Waals surface area contributed by atoms with Crippen LogP contribution in [-0.2, 0) is 10.0 Å². The van der Waals surface area contributed by atoms with Crippen molar-refractivity contribution in [3.63, 3.8) is 0 Å². The lowest BCUT2D eigenvalue weighted by Gasteiger charge is -2.09. The van der Waals surface area contributed by atoms with E-state index in [1.807, 2.05) is 6.07 Å². The van der Waals surface area contributed by atoms with E-state index < -0.39 is 10.0 Å². The summed E-state index contributed by atoms with van der Waals surface area (Å²) in [6, 6.07) is 10.8. The van der Waals surface area contributed by atoms with Gasteiger partial charge in [-0.05, 0) is 36.4 Å². The minimum atomic E-state index is -3.81. The van der Waals surface area contributed by atoms with E-state index in [1.54, 1.807) is 12.1 Å². The van der Waals surface area contributed by atoms with Crippen molar-refractivity contribution in [1.29, 1.82) is 5.26 Å². The predicted molar refractivity (Wildman–Crippen MR) is 77.6 cm³/mol. The maximum atomic E-state index is 12.2. The Morgan fingerprint density at radius 3 is 2.62 bits per heavy atom. The van der Waals surface area contributed by atoms with Gasteiger partial charge >= 0.3 is 0 Å². The monoisotopic (exact) mass is 323 g/mol. The maximum Gasteiger partial charge on any atom is 0.264 e. The zero-order valence-corrected chi connectivity index (χ0v) is 12.2. The molecule has 0 amide bonds. The molecule has 0 aliphatic heterocycles. The summed E-state index contributed by atoms with van der Waals surface area (Å²) in [7, 11) is -3.81. The van der Waals surface area contributed by atoms with Crippen molar-refractivity contribution in [1.82, 2.24) is 4.98 Å². The molecule has 21 heavy (non-hydrogen) atoms. The molecule has 0 bridgehead atoms. The Kier molecular flexibility index (Phi) is 4.62. The van der Waals surface area contributed by atoms with Gasteiger partial charge in [-0.15, -0.1) is 0 Å². The number of ether oxygens (including phenoxy) is 1. The fraction of sp³-hybridized carbons (Fsp3) is 0.0769. The number of nitrogens with zero attached hydrogens (tertiary/aromatic N) is 2. The summed E-state index contributed by atoms with van der Waals surface area (Å²) in [4.78, 5) is 3.63. The van der Waals surface area contributed by atoms with Gasteiger partial charge in [-0.1, -0.05) is 11.6 Å². The van der Waals surface area contributed by atoms with Crippen molar-refractivity contribution < 1.29 is 13.2 Å². The molecule has 1 N–H and O–H groups in total. The van der Waals surface area contributed by atoms with Crippen LogP contribution in [0, 0.1) is 11.3 Å². The van der Waals surface area contributed by atoms with Crippen LogP contribution < -0.4 is 9.46 Å². The Morgan fingerprint density at radius 1 is 1.29 bits per heavy atom. The van der Waals surface area contributed by atoms with Crippen LogP contribution in [0.4, 0.5) is 5.69 Å². The lowest BCUT2D eigenvalue weighted by molar-refractivity contribution is 0.368. The number of hydrogen-bond donors (Lipinski definition) is 1. The van der Waals surface area contributed by atoms with Gasteiger partial charge < -0.3 is 4.74 Å². The number of hydrogen-bond acceptors (Lipinski definition) is 5. The average Bonchev–Trinajstić information content (AvgIpc) is 2.46. The first-order chi connectivity index (χ1) is 10.0. The summed E-state index contributed by atoms with van der Waals surface area (Å²) in [5, 5.41) is 8.30. The maximum absolute atomic E-state index is 12.2. The fourth-order valence-corrected chi connectivity index (χ4v) is 3.03. The molecule has 0 radical (unpaired) electrons. The second-order valence-corrected chi connectivity index (χ2v) is 5.88. The number of aromatic nitrogens is 1. The summed E-state index contributed by atoms with van der Waals surface area (Å²) in [5.41, 5.74) is 0.347. The molecule has 1 aromatic carbocycles.